The molecule has 0 spiro atoms. The predicted molar refractivity (Wildman–Crippen MR) is 79.0 cm³/mol. The van der Waals surface area contributed by atoms with Crippen molar-refractivity contribution in [2.75, 3.05) is 0 Å². The van der Waals surface area contributed by atoms with E-state index < -0.39 is 54.9 Å². The molecule has 0 aliphatic carbocycles. The van der Waals surface area contributed by atoms with Crippen LogP contribution in [0.5, 0.6) is 0 Å². The van der Waals surface area contributed by atoms with Crippen LogP contribution in [-0.2, 0) is 8.85 Å². The van der Waals surface area contributed by atoms with E-state index in [2.05, 4.69) is 0 Å². The van der Waals surface area contributed by atoms with Gasteiger partial charge >= 0.3 is 14.5 Å². The molecule has 1 rings (SSSR count). The molecule has 1 amide bonds. The van der Waals surface area contributed by atoms with Gasteiger partial charge in [-0.3, -0.25) is 4.79 Å². The second-order valence-electron chi connectivity index (χ2n) is 5.64. The van der Waals surface area contributed by atoms with Gasteiger partial charge in [0.2, 0.25) is 0 Å². The van der Waals surface area contributed by atoms with E-state index in [1.54, 1.807) is 0 Å². The van der Waals surface area contributed by atoms with Crippen molar-refractivity contribution in [1.29, 1.82) is 0 Å². The molecule has 11 heteroatoms. The molecule has 25 heavy (non-hydrogen) atoms. The molecule has 0 aliphatic rings. The van der Waals surface area contributed by atoms with Crippen molar-refractivity contribution < 1.29 is 40.5 Å². The number of hydrogen-bond acceptors (Lipinski definition) is 4. The normalized spacial score (nSPS) is 12.8. The first-order chi connectivity index (χ1) is 11.3. The molecule has 0 aliphatic heterocycles. The first kappa shape index (κ1) is 21.5. The predicted octanol–water partition coefficient (Wildman–Crippen LogP) is 3.20. The fourth-order valence-electron chi connectivity index (χ4n) is 1.83. The minimum Gasteiger partial charge on any atom is -0.385 e. The van der Waals surface area contributed by atoms with Crippen molar-refractivity contribution in [3.63, 3.8) is 0 Å². The molecule has 1 aromatic carbocycles. The summed E-state index contributed by atoms with van der Waals surface area (Å²) in [5, 5.41) is -1.69. The molecule has 0 fully saturated rings. The summed E-state index contributed by atoms with van der Waals surface area (Å²) in [6.45, 7) is 5.14. The summed E-state index contributed by atoms with van der Waals surface area (Å²) in [7, 11) is -5.61. The van der Waals surface area contributed by atoms with Crippen molar-refractivity contribution in [2.45, 2.75) is 45.6 Å². The Morgan fingerprint density at radius 1 is 1.16 bits per heavy atom. The van der Waals surface area contributed by atoms with E-state index in [-0.39, 0.29) is 0 Å². The minimum atomic E-state index is -5.61. The van der Waals surface area contributed by atoms with Gasteiger partial charge in [-0.15, -0.1) is 5.12 Å². The van der Waals surface area contributed by atoms with Crippen LogP contribution in [0.4, 0.5) is 22.0 Å². The Hall–Kier alpha value is -1.56. The van der Waals surface area contributed by atoms with Crippen LogP contribution in [0.1, 0.15) is 38.1 Å². The molecule has 1 N–H and O–H groups in total. The molecule has 0 saturated carbocycles. The number of nitrogens with zero attached hydrogens (tertiary/aromatic N) is 1. The molecular weight excluding hydrogens is 369 g/mol. The van der Waals surface area contributed by atoms with Crippen LogP contribution >= 0.6 is 0 Å². The maximum absolute atomic E-state index is 14.4. The largest absolute Gasteiger partial charge is 0.600 e. The molecule has 0 unspecified atom stereocenters. The standard InChI is InChI=1S/C14H18F5NO4Si/c1-8(2)23-25(22,24-9(3)4)14(17,18)20(19)13(21)10-6-5-7-11(15)12(10)16/h5-9,22H,1-4H3. The van der Waals surface area contributed by atoms with Gasteiger partial charge in [-0.25, -0.2) is 8.78 Å². The Labute approximate surface area is 142 Å². The Balaban J connectivity index is 3.27. The summed E-state index contributed by atoms with van der Waals surface area (Å²) in [5.41, 5.74) is -6.20. The van der Waals surface area contributed by atoms with Gasteiger partial charge in [-0.2, -0.15) is 8.78 Å². The lowest BCUT2D eigenvalue weighted by molar-refractivity contribution is -0.196. The molecule has 0 atom stereocenters. The van der Waals surface area contributed by atoms with Crippen molar-refractivity contribution in [3.05, 3.63) is 35.4 Å². The number of hydrogen-bond donors (Lipinski definition) is 1. The Bertz CT molecular complexity index is 619. The first-order valence-electron chi connectivity index (χ1n) is 7.23. The number of amides is 1. The van der Waals surface area contributed by atoms with Crippen LogP contribution in [0, 0.1) is 11.6 Å². The zero-order valence-corrected chi connectivity index (χ0v) is 14.9. The monoisotopic (exact) mass is 387 g/mol. The minimum absolute atomic E-state index is 0.622. The highest BCUT2D eigenvalue weighted by Gasteiger charge is 2.70. The van der Waals surface area contributed by atoms with Gasteiger partial charge in [0.05, 0.1) is 5.56 Å². The lowest BCUT2D eigenvalue weighted by Crippen LogP contribution is -2.67. The first-order valence-corrected chi connectivity index (χ1v) is 9.00. The van der Waals surface area contributed by atoms with Gasteiger partial charge in [-0.1, -0.05) is 10.5 Å². The van der Waals surface area contributed by atoms with E-state index in [4.69, 9.17) is 8.85 Å². The third-order valence-corrected chi connectivity index (χ3v) is 5.32. The van der Waals surface area contributed by atoms with Crippen molar-refractivity contribution >= 4 is 14.7 Å². The average molecular weight is 387 g/mol. The summed E-state index contributed by atoms with van der Waals surface area (Å²) in [4.78, 5) is 22.0. The van der Waals surface area contributed by atoms with Crippen LogP contribution in [0.2, 0.25) is 0 Å². The average Bonchev–Trinajstić information content (AvgIpc) is 2.46. The highest BCUT2D eigenvalue weighted by atomic mass is 28.4. The van der Waals surface area contributed by atoms with E-state index in [9.17, 15) is 31.6 Å². The molecule has 5 nitrogen and oxygen atoms in total. The number of halogens is 5. The second-order valence-corrected chi connectivity index (χ2v) is 7.88. The molecular formula is C14H18F5NO4Si. The molecule has 0 aromatic heterocycles. The maximum Gasteiger partial charge on any atom is 0.600 e. The summed E-state index contributed by atoms with van der Waals surface area (Å²) < 4.78 is 79.1. The number of carbonyl (C=O) groups is 1. The Kier molecular flexibility index (Phi) is 6.67. The summed E-state index contributed by atoms with van der Waals surface area (Å²) in [6.07, 6.45) is -1.98. The van der Waals surface area contributed by atoms with Gasteiger partial charge in [0.1, 0.15) is 0 Å². The highest BCUT2D eigenvalue weighted by molar-refractivity contribution is 6.62. The Morgan fingerprint density at radius 3 is 2.08 bits per heavy atom. The number of carbonyl (C=O) groups excluding carboxylic acids is 1. The zero-order valence-electron chi connectivity index (χ0n) is 13.9. The molecule has 0 saturated heterocycles. The quantitative estimate of drug-likeness (QED) is 0.338. The second kappa shape index (κ2) is 7.77. The van der Waals surface area contributed by atoms with Crippen LogP contribution in [0.15, 0.2) is 18.2 Å². The maximum atomic E-state index is 14.4. The van der Waals surface area contributed by atoms with E-state index >= 15 is 0 Å². The lowest BCUT2D eigenvalue weighted by Gasteiger charge is -2.35. The van der Waals surface area contributed by atoms with Crippen molar-refractivity contribution in [3.8, 4) is 0 Å². The topological polar surface area (TPSA) is 59.0 Å². The Morgan fingerprint density at radius 2 is 1.64 bits per heavy atom. The van der Waals surface area contributed by atoms with E-state index in [0.29, 0.717) is 12.1 Å². The summed E-state index contributed by atoms with van der Waals surface area (Å²) in [6, 6.07) is 2.09. The fourth-order valence-corrected chi connectivity index (χ4v) is 3.80. The highest BCUT2D eigenvalue weighted by Crippen LogP contribution is 2.34. The smallest absolute Gasteiger partial charge is 0.385 e. The molecule has 0 radical (unpaired) electrons. The van der Waals surface area contributed by atoms with E-state index in [1.807, 2.05) is 0 Å². The van der Waals surface area contributed by atoms with Crippen LogP contribution in [0.3, 0.4) is 0 Å². The van der Waals surface area contributed by atoms with E-state index in [0.717, 1.165) is 6.07 Å². The zero-order chi connectivity index (χ0) is 19.6. The third kappa shape index (κ3) is 4.54. The molecule has 0 heterocycles. The van der Waals surface area contributed by atoms with Crippen LogP contribution in [0.25, 0.3) is 0 Å². The van der Waals surface area contributed by atoms with Gasteiger partial charge in [0.15, 0.2) is 11.6 Å². The van der Waals surface area contributed by atoms with E-state index in [1.165, 1.54) is 27.7 Å². The molecule has 0 bridgehead atoms. The van der Waals surface area contributed by atoms with Crippen molar-refractivity contribution in [2.24, 2.45) is 0 Å². The van der Waals surface area contributed by atoms with Gasteiger partial charge in [-0.05, 0) is 39.8 Å². The van der Waals surface area contributed by atoms with Gasteiger partial charge in [0, 0.05) is 12.2 Å². The fraction of sp³-hybridized carbons (Fsp3) is 0.500. The number of alkyl halides is 2. The summed E-state index contributed by atoms with van der Waals surface area (Å²) in [5.74, 6) is -5.51. The van der Waals surface area contributed by atoms with Crippen LogP contribution < -0.4 is 0 Å². The SMILES string of the molecule is CC(C)O[Si](O)(OC(C)C)C(F)(F)N(F)C(=O)c1cccc(F)c1F. The van der Waals surface area contributed by atoms with Gasteiger partial charge < -0.3 is 13.6 Å². The molecule has 1 aromatic rings. The number of rotatable bonds is 7. The summed E-state index contributed by atoms with van der Waals surface area (Å²) >= 11 is 0. The van der Waals surface area contributed by atoms with Crippen LogP contribution in [-0.4, -0.2) is 42.5 Å². The van der Waals surface area contributed by atoms with Crippen molar-refractivity contribution in [1.82, 2.24) is 5.12 Å². The third-order valence-electron chi connectivity index (χ3n) is 2.78. The lowest BCUT2D eigenvalue weighted by atomic mass is 10.2. The molecule has 142 valence electrons. The van der Waals surface area contributed by atoms with Gasteiger partial charge in [0.25, 0.3) is 5.91 Å². The number of benzene rings is 1.